The molecule has 0 unspecified atom stereocenters. The number of nitrogen functional groups attached to an aromatic ring is 1. The Morgan fingerprint density at radius 1 is 1.42 bits per heavy atom. The van der Waals surface area contributed by atoms with Crippen LogP contribution in [0.5, 0.6) is 5.75 Å². The molecule has 4 nitrogen and oxygen atoms in total. The van der Waals surface area contributed by atoms with Crippen LogP contribution in [0.25, 0.3) is 0 Å². The number of thiophene rings is 1. The minimum Gasteiger partial charge on any atom is -0.497 e. The third-order valence-electron chi connectivity index (χ3n) is 2.51. The molecule has 1 aromatic carbocycles. The van der Waals surface area contributed by atoms with E-state index in [1.807, 2.05) is 11.4 Å². The smallest absolute Gasteiger partial charge is 0.340 e. The van der Waals surface area contributed by atoms with Crippen molar-refractivity contribution in [3.63, 3.8) is 0 Å². The molecular formula is C13H12BrNO3S. The first-order chi connectivity index (χ1) is 9.11. The SMILES string of the molecule is COc1ccc(N)c(C(=O)OCc2sccc2Br)c1. The van der Waals surface area contributed by atoms with Gasteiger partial charge in [0.15, 0.2) is 0 Å². The van der Waals surface area contributed by atoms with Crippen molar-refractivity contribution in [2.75, 3.05) is 12.8 Å². The van der Waals surface area contributed by atoms with Gasteiger partial charge in [0.2, 0.25) is 0 Å². The fourth-order valence-electron chi connectivity index (χ4n) is 1.48. The second-order valence-electron chi connectivity index (χ2n) is 3.72. The lowest BCUT2D eigenvalue weighted by atomic mass is 10.2. The van der Waals surface area contributed by atoms with Gasteiger partial charge in [-0.3, -0.25) is 0 Å². The minimum absolute atomic E-state index is 0.216. The summed E-state index contributed by atoms with van der Waals surface area (Å²) in [6, 6.07) is 6.80. The molecule has 0 spiro atoms. The highest BCUT2D eigenvalue weighted by Gasteiger charge is 2.13. The van der Waals surface area contributed by atoms with Gasteiger partial charge in [-0.1, -0.05) is 0 Å². The lowest BCUT2D eigenvalue weighted by molar-refractivity contribution is 0.0477. The summed E-state index contributed by atoms with van der Waals surface area (Å²) in [7, 11) is 1.53. The number of hydrogen-bond donors (Lipinski definition) is 1. The molecule has 0 amide bonds. The Hall–Kier alpha value is -1.53. The number of ether oxygens (including phenoxy) is 2. The molecule has 1 heterocycles. The monoisotopic (exact) mass is 341 g/mol. The molecule has 6 heteroatoms. The number of rotatable bonds is 4. The van der Waals surface area contributed by atoms with Gasteiger partial charge in [-0.05, 0) is 45.6 Å². The van der Waals surface area contributed by atoms with Crippen molar-refractivity contribution in [1.82, 2.24) is 0 Å². The first kappa shape index (κ1) is 13.9. The average Bonchev–Trinajstić information content (AvgIpc) is 2.82. The van der Waals surface area contributed by atoms with Crippen LogP contribution in [0.15, 0.2) is 34.1 Å². The van der Waals surface area contributed by atoms with Crippen LogP contribution in [-0.4, -0.2) is 13.1 Å². The number of esters is 1. The lowest BCUT2D eigenvalue weighted by Gasteiger charge is -2.08. The quantitative estimate of drug-likeness (QED) is 0.683. The van der Waals surface area contributed by atoms with E-state index >= 15 is 0 Å². The highest BCUT2D eigenvalue weighted by Crippen LogP contribution is 2.25. The van der Waals surface area contributed by atoms with Crippen molar-refractivity contribution in [2.24, 2.45) is 0 Å². The van der Waals surface area contributed by atoms with Gasteiger partial charge in [-0.25, -0.2) is 4.79 Å². The molecule has 2 aromatic rings. The van der Waals surface area contributed by atoms with Crippen LogP contribution in [0.1, 0.15) is 15.2 Å². The second kappa shape index (κ2) is 6.08. The molecule has 0 aliphatic heterocycles. The van der Waals surface area contributed by atoms with E-state index in [0.29, 0.717) is 17.0 Å². The van der Waals surface area contributed by atoms with Gasteiger partial charge in [0.25, 0.3) is 0 Å². The zero-order chi connectivity index (χ0) is 13.8. The number of nitrogens with two attached hydrogens (primary N) is 1. The van der Waals surface area contributed by atoms with Crippen molar-refractivity contribution in [1.29, 1.82) is 0 Å². The van der Waals surface area contributed by atoms with Gasteiger partial charge in [-0.2, -0.15) is 0 Å². The summed E-state index contributed by atoms with van der Waals surface area (Å²) in [5.41, 5.74) is 6.44. The Kier molecular flexibility index (Phi) is 4.44. The minimum atomic E-state index is -0.461. The lowest BCUT2D eigenvalue weighted by Crippen LogP contribution is -2.08. The van der Waals surface area contributed by atoms with Gasteiger partial charge >= 0.3 is 5.97 Å². The number of benzene rings is 1. The Morgan fingerprint density at radius 3 is 2.84 bits per heavy atom. The Labute approximate surface area is 123 Å². The maximum Gasteiger partial charge on any atom is 0.340 e. The topological polar surface area (TPSA) is 61.5 Å². The Balaban J connectivity index is 2.10. The molecule has 0 saturated heterocycles. The van der Waals surface area contributed by atoms with E-state index in [-0.39, 0.29) is 6.61 Å². The van der Waals surface area contributed by atoms with E-state index in [9.17, 15) is 4.79 Å². The fourth-order valence-corrected chi connectivity index (χ4v) is 2.85. The van der Waals surface area contributed by atoms with E-state index in [1.165, 1.54) is 18.4 Å². The fraction of sp³-hybridized carbons (Fsp3) is 0.154. The highest BCUT2D eigenvalue weighted by atomic mass is 79.9. The van der Waals surface area contributed by atoms with E-state index in [4.69, 9.17) is 15.2 Å². The molecule has 0 radical (unpaired) electrons. The molecule has 0 aliphatic rings. The zero-order valence-electron chi connectivity index (χ0n) is 10.2. The van der Waals surface area contributed by atoms with Crippen molar-refractivity contribution in [3.05, 3.63) is 44.6 Å². The summed E-state index contributed by atoms with van der Waals surface area (Å²) >= 11 is 4.90. The highest BCUT2D eigenvalue weighted by molar-refractivity contribution is 9.10. The molecule has 2 N–H and O–H groups in total. The summed E-state index contributed by atoms with van der Waals surface area (Å²) < 4.78 is 11.2. The second-order valence-corrected chi connectivity index (χ2v) is 5.58. The van der Waals surface area contributed by atoms with E-state index in [2.05, 4.69) is 15.9 Å². The molecule has 0 bridgehead atoms. The van der Waals surface area contributed by atoms with Crippen molar-refractivity contribution >= 4 is 38.9 Å². The van der Waals surface area contributed by atoms with E-state index in [1.54, 1.807) is 18.2 Å². The van der Waals surface area contributed by atoms with E-state index < -0.39 is 5.97 Å². The first-order valence-corrected chi connectivity index (χ1v) is 7.11. The summed E-state index contributed by atoms with van der Waals surface area (Å²) in [5, 5.41) is 1.92. The van der Waals surface area contributed by atoms with Crippen LogP contribution in [0.2, 0.25) is 0 Å². The number of hydrogen-bond acceptors (Lipinski definition) is 5. The molecule has 100 valence electrons. The van der Waals surface area contributed by atoms with Crippen molar-refractivity contribution in [2.45, 2.75) is 6.61 Å². The molecule has 0 fully saturated rings. The van der Waals surface area contributed by atoms with Gasteiger partial charge in [0.1, 0.15) is 12.4 Å². The van der Waals surface area contributed by atoms with Crippen LogP contribution in [0.4, 0.5) is 5.69 Å². The molecule has 0 saturated carbocycles. The molecular weight excluding hydrogens is 330 g/mol. The third-order valence-corrected chi connectivity index (χ3v) is 4.41. The number of carbonyl (C=O) groups excluding carboxylic acids is 1. The maximum absolute atomic E-state index is 12.0. The van der Waals surface area contributed by atoms with Crippen LogP contribution < -0.4 is 10.5 Å². The first-order valence-electron chi connectivity index (χ1n) is 5.44. The molecule has 19 heavy (non-hydrogen) atoms. The standard InChI is InChI=1S/C13H12BrNO3S/c1-17-8-2-3-11(15)9(6-8)13(16)18-7-12-10(14)4-5-19-12/h2-6H,7,15H2,1H3. The number of methoxy groups -OCH3 is 1. The number of carbonyl (C=O) groups is 1. The van der Waals surface area contributed by atoms with Crippen LogP contribution in [0, 0.1) is 0 Å². The van der Waals surface area contributed by atoms with Gasteiger partial charge in [0.05, 0.1) is 17.6 Å². The summed E-state index contributed by atoms with van der Waals surface area (Å²) in [6.45, 7) is 0.216. The van der Waals surface area contributed by atoms with Crippen LogP contribution in [0.3, 0.4) is 0 Å². The summed E-state index contributed by atoms with van der Waals surface area (Å²) in [5.74, 6) is 0.107. The van der Waals surface area contributed by atoms with E-state index in [0.717, 1.165) is 9.35 Å². The third kappa shape index (κ3) is 3.27. The Morgan fingerprint density at radius 2 is 2.21 bits per heavy atom. The number of halogens is 1. The largest absolute Gasteiger partial charge is 0.497 e. The number of anilines is 1. The molecule has 0 atom stereocenters. The van der Waals surface area contributed by atoms with Crippen molar-refractivity contribution in [3.8, 4) is 5.75 Å². The normalized spacial score (nSPS) is 10.2. The molecule has 0 aliphatic carbocycles. The van der Waals surface area contributed by atoms with Crippen LogP contribution >= 0.6 is 27.3 Å². The molecule has 2 rings (SSSR count). The zero-order valence-corrected chi connectivity index (χ0v) is 12.6. The predicted octanol–water partition coefficient (Wildman–Crippen LogP) is 3.46. The molecule has 1 aromatic heterocycles. The van der Waals surface area contributed by atoms with Crippen LogP contribution in [-0.2, 0) is 11.3 Å². The maximum atomic E-state index is 12.0. The predicted molar refractivity (Wildman–Crippen MR) is 78.5 cm³/mol. The van der Waals surface area contributed by atoms with Gasteiger partial charge in [-0.15, -0.1) is 11.3 Å². The van der Waals surface area contributed by atoms with Gasteiger partial charge in [0, 0.05) is 10.2 Å². The van der Waals surface area contributed by atoms with Gasteiger partial charge < -0.3 is 15.2 Å². The summed E-state index contributed by atoms with van der Waals surface area (Å²) in [4.78, 5) is 12.9. The average molecular weight is 342 g/mol. The van der Waals surface area contributed by atoms with Crippen molar-refractivity contribution < 1.29 is 14.3 Å². The summed E-state index contributed by atoms with van der Waals surface area (Å²) in [6.07, 6.45) is 0. The Bertz CT molecular complexity index is 597.